The fourth-order valence-electron chi connectivity index (χ4n) is 3.07. The highest BCUT2D eigenvalue weighted by atomic mass is 16.2. The van der Waals surface area contributed by atoms with E-state index in [2.05, 4.69) is 19.9 Å². The van der Waals surface area contributed by atoms with Crippen LogP contribution in [0, 0.1) is 0 Å². The van der Waals surface area contributed by atoms with Crippen molar-refractivity contribution >= 4 is 22.8 Å². The van der Waals surface area contributed by atoms with Crippen LogP contribution in [0.4, 0.5) is 5.82 Å². The van der Waals surface area contributed by atoms with E-state index in [-0.39, 0.29) is 23.5 Å². The van der Waals surface area contributed by atoms with Crippen LogP contribution in [0.5, 0.6) is 0 Å². The van der Waals surface area contributed by atoms with Gasteiger partial charge in [-0.3, -0.25) is 4.79 Å². The number of H-pyrrole nitrogens is 1. The van der Waals surface area contributed by atoms with Crippen molar-refractivity contribution in [2.75, 3.05) is 12.3 Å². The molecule has 0 saturated carbocycles. The summed E-state index contributed by atoms with van der Waals surface area (Å²) in [5.74, 6) is 0.769. The van der Waals surface area contributed by atoms with Crippen molar-refractivity contribution in [1.82, 2.24) is 24.8 Å². The van der Waals surface area contributed by atoms with E-state index in [1.54, 1.807) is 4.90 Å². The molecule has 1 fully saturated rings. The first-order valence-electron chi connectivity index (χ1n) is 7.56. The number of para-hydroxylation sites is 2. The number of carbonyl (C=O) groups excluding carboxylic acids is 1. The Kier molecular flexibility index (Phi) is 3.18. The molecule has 3 N–H and O–H groups in total. The zero-order chi connectivity index (χ0) is 15.8. The molecular formula is C16H16N6O. The molecule has 0 bridgehead atoms. The summed E-state index contributed by atoms with van der Waals surface area (Å²) in [5, 5.41) is 0. The lowest BCUT2D eigenvalue weighted by atomic mass is 10.2. The largest absolute Gasteiger partial charge is 0.382 e. The molecule has 4 rings (SSSR count). The molecule has 23 heavy (non-hydrogen) atoms. The first-order valence-corrected chi connectivity index (χ1v) is 7.56. The average Bonchev–Trinajstić information content (AvgIpc) is 3.21. The number of nitrogens with one attached hydrogen (secondary N) is 1. The van der Waals surface area contributed by atoms with Crippen LogP contribution in [0.25, 0.3) is 11.0 Å². The van der Waals surface area contributed by atoms with Gasteiger partial charge in [0.15, 0.2) is 11.5 Å². The highest BCUT2D eigenvalue weighted by molar-refractivity contribution is 5.96. The van der Waals surface area contributed by atoms with Crippen molar-refractivity contribution in [3.63, 3.8) is 0 Å². The molecule has 116 valence electrons. The van der Waals surface area contributed by atoms with Gasteiger partial charge < -0.3 is 15.6 Å². The first-order chi connectivity index (χ1) is 11.2. The Morgan fingerprint density at radius 1 is 1.26 bits per heavy atom. The van der Waals surface area contributed by atoms with Gasteiger partial charge in [-0.15, -0.1) is 0 Å². The number of carbonyl (C=O) groups is 1. The average molecular weight is 308 g/mol. The van der Waals surface area contributed by atoms with Gasteiger partial charge >= 0.3 is 0 Å². The molecule has 2 aromatic heterocycles. The molecule has 7 heteroatoms. The highest BCUT2D eigenvalue weighted by Gasteiger charge is 2.34. The summed E-state index contributed by atoms with van der Waals surface area (Å²) in [6, 6.07) is 7.76. The van der Waals surface area contributed by atoms with Crippen LogP contribution in [0.15, 0.2) is 36.7 Å². The quantitative estimate of drug-likeness (QED) is 0.753. The highest BCUT2D eigenvalue weighted by Crippen LogP contribution is 2.32. The van der Waals surface area contributed by atoms with Crippen LogP contribution in [-0.2, 0) is 0 Å². The molecule has 1 amide bonds. The number of nitrogens with two attached hydrogens (primary N) is 1. The van der Waals surface area contributed by atoms with Crippen LogP contribution >= 0.6 is 0 Å². The molecular weight excluding hydrogens is 292 g/mol. The summed E-state index contributed by atoms with van der Waals surface area (Å²) in [4.78, 5) is 30.5. The number of benzene rings is 1. The van der Waals surface area contributed by atoms with Gasteiger partial charge in [0, 0.05) is 18.9 Å². The van der Waals surface area contributed by atoms with Gasteiger partial charge in [-0.25, -0.2) is 15.0 Å². The molecule has 1 aromatic carbocycles. The summed E-state index contributed by atoms with van der Waals surface area (Å²) >= 11 is 0. The minimum absolute atomic E-state index is 0.0868. The van der Waals surface area contributed by atoms with E-state index >= 15 is 0 Å². The lowest BCUT2D eigenvalue weighted by Crippen LogP contribution is -2.32. The number of nitrogen functional groups attached to an aromatic ring is 1. The van der Waals surface area contributed by atoms with E-state index in [0.717, 1.165) is 29.7 Å². The van der Waals surface area contributed by atoms with Crippen LogP contribution < -0.4 is 5.73 Å². The van der Waals surface area contributed by atoms with Crippen molar-refractivity contribution < 1.29 is 4.79 Å². The zero-order valence-electron chi connectivity index (χ0n) is 12.4. The molecule has 0 spiro atoms. The van der Waals surface area contributed by atoms with Gasteiger partial charge in [0.05, 0.1) is 17.1 Å². The van der Waals surface area contributed by atoms with Crippen molar-refractivity contribution in [2.24, 2.45) is 0 Å². The molecule has 1 aliphatic heterocycles. The molecule has 1 aliphatic rings. The molecule has 7 nitrogen and oxygen atoms in total. The number of amides is 1. The van der Waals surface area contributed by atoms with Crippen LogP contribution in [0.1, 0.15) is 35.2 Å². The van der Waals surface area contributed by atoms with E-state index in [0.29, 0.717) is 6.54 Å². The van der Waals surface area contributed by atoms with Crippen molar-refractivity contribution in [3.8, 4) is 0 Å². The standard InChI is InChI=1S/C16H16N6O/c17-14-13(18-7-8-19-14)16(23)22-9-3-6-12(22)15-20-10-4-1-2-5-11(10)21-15/h1-2,4-5,7-8,12H,3,6,9H2,(H2,17,19)(H,20,21). The maximum absolute atomic E-state index is 12.8. The fraction of sp³-hybridized carbons (Fsp3) is 0.250. The molecule has 3 aromatic rings. The minimum Gasteiger partial charge on any atom is -0.382 e. The zero-order valence-corrected chi connectivity index (χ0v) is 12.4. The van der Waals surface area contributed by atoms with Crippen molar-refractivity contribution in [1.29, 1.82) is 0 Å². The molecule has 0 aliphatic carbocycles. The normalized spacial score (nSPS) is 17.7. The number of aromatic nitrogens is 4. The lowest BCUT2D eigenvalue weighted by molar-refractivity contribution is 0.0725. The van der Waals surface area contributed by atoms with E-state index in [4.69, 9.17) is 5.73 Å². The molecule has 3 heterocycles. The lowest BCUT2D eigenvalue weighted by Gasteiger charge is -2.23. The second kappa shape index (κ2) is 5.35. The predicted molar refractivity (Wildman–Crippen MR) is 85.5 cm³/mol. The minimum atomic E-state index is -0.196. The summed E-state index contributed by atoms with van der Waals surface area (Å²) in [6.45, 7) is 0.663. The van der Waals surface area contributed by atoms with Crippen LogP contribution in [0.3, 0.4) is 0 Å². The van der Waals surface area contributed by atoms with Gasteiger partial charge in [0.2, 0.25) is 0 Å². The fourth-order valence-corrected chi connectivity index (χ4v) is 3.07. The molecule has 1 unspecified atom stereocenters. The number of nitrogens with zero attached hydrogens (tertiary/aromatic N) is 4. The summed E-state index contributed by atoms with van der Waals surface area (Å²) < 4.78 is 0. The third kappa shape index (κ3) is 2.30. The van der Waals surface area contributed by atoms with E-state index < -0.39 is 0 Å². The third-order valence-electron chi connectivity index (χ3n) is 4.17. The first kappa shape index (κ1) is 13.7. The SMILES string of the molecule is Nc1nccnc1C(=O)N1CCCC1c1nc2ccccc2[nH]1. The van der Waals surface area contributed by atoms with Gasteiger partial charge in [-0.2, -0.15) is 0 Å². The predicted octanol–water partition coefficient (Wildman–Crippen LogP) is 1.91. The third-order valence-corrected chi connectivity index (χ3v) is 4.17. The Balaban J connectivity index is 1.69. The maximum Gasteiger partial charge on any atom is 0.276 e. The van der Waals surface area contributed by atoms with Crippen molar-refractivity contribution in [3.05, 3.63) is 48.2 Å². The number of imidazole rings is 1. The number of hydrogen-bond donors (Lipinski definition) is 2. The monoisotopic (exact) mass is 308 g/mol. The summed E-state index contributed by atoms with van der Waals surface area (Å²) in [7, 11) is 0. The Morgan fingerprint density at radius 2 is 2.09 bits per heavy atom. The topological polar surface area (TPSA) is 101 Å². The summed E-state index contributed by atoms with van der Waals surface area (Å²) in [5.41, 5.74) is 7.87. The van der Waals surface area contributed by atoms with Crippen LogP contribution in [0.2, 0.25) is 0 Å². The van der Waals surface area contributed by atoms with Gasteiger partial charge in [-0.05, 0) is 25.0 Å². The summed E-state index contributed by atoms with van der Waals surface area (Å²) in [6.07, 6.45) is 4.75. The number of aromatic amines is 1. The number of anilines is 1. The molecule has 0 radical (unpaired) electrons. The van der Waals surface area contributed by atoms with Crippen molar-refractivity contribution in [2.45, 2.75) is 18.9 Å². The van der Waals surface area contributed by atoms with E-state index in [1.165, 1.54) is 12.4 Å². The Labute approximate surface area is 132 Å². The van der Waals surface area contributed by atoms with E-state index in [1.807, 2.05) is 24.3 Å². The number of likely N-dealkylation sites (tertiary alicyclic amines) is 1. The number of fused-ring (bicyclic) bond motifs is 1. The van der Waals surface area contributed by atoms with E-state index in [9.17, 15) is 4.79 Å². The second-order valence-electron chi connectivity index (χ2n) is 5.59. The Bertz CT molecular complexity index is 841. The number of rotatable bonds is 2. The maximum atomic E-state index is 12.8. The van der Waals surface area contributed by atoms with Gasteiger partial charge in [-0.1, -0.05) is 12.1 Å². The molecule has 1 saturated heterocycles. The van der Waals surface area contributed by atoms with Gasteiger partial charge in [0.1, 0.15) is 5.82 Å². The second-order valence-corrected chi connectivity index (χ2v) is 5.59. The van der Waals surface area contributed by atoms with Gasteiger partial charge in [0.25, 0.3) is 5.91 Å². The Hall–Kier alpha value is -2.96. The van der Waals surface area contributed by atoms with Crippen LogP contribution in [-0.4, -0.2) is 37.3 Å². The molecule has 1 atom stereocenters. The smallest absolute Gasteiger partial charge is 0.276 e. The number of hydrogen-bond acceptors (Lipinski definition) is 5. The Morgan fingerprint density at radius 3 is 2.91 bits per heavy atom.